The zero-order valence-corrected chi connectivity index (χ0v) is 9.68. The van der Waals surface area contributed by atoms with Crippen LogP contribution in [0, 0.1) is 0 Å². The van der Waals surface area contributed by atoms with Crippen LogP contribution in [0.5, 0.6) is 0 Å². The zero-order chi connectivity index (χ0) is 10.4. The molecule has 0 spiro atoms. The Hall–Kier alpha value is -0.610. The van der Waals surface area contributed by atoms with Crippen molar-refractivity contribution >= 4 is 11.8 Å². The molecule has 0 radical (unpaired) electrons. The van der Waals surface area contributed by atoms with Crippen molar-refractivity contribution < 1.29 is 0 Å². The molecule has 80 valence electrons. The predicted octanol–water partition coefficient (Wildman–Crippen LogP) is 2.02. The monoisotopic (exact) mass is 221 g/mol. The highest BCUT2D eigenvalue weighted by molar-refractivity contribution is 7.98. The Labute approximate surface area is 93.9 Å². The van der Waals surface area contributed by atoms with Gasteiger partial charge in [0.25, 0.3) is 0 Å². The van der Waals surface area contributed by atoms with E-state index in [-0.39, 0.29) is 6.04 Å². The van der Waals surface area contributed by atoms with Crippen LogP contribution in [0.1, 0.15) is 48.2 Å². The molecular weight excluding hydrogens is 206 g/mol. The van der Waals surface area contributed by atoms with Gasteiger partial charge in [0.15, 0.2) is 5.16 Å². The van der Waals surface area contributed by atoms with Gasteiger partial charge in [0.05, 0.1) is 11.4 Å². The first kappa shape index (κ1) is 9.60. The summed E-state index contributed by atoms with van der Waals surface area (Å²) in [5.41, 5.74) is 9.86. The van der Waals surface area contributed by atoms with Gasteiger partial charge in [-0.2, -0.15) is 0 Å². The number of thioether (sulfide) groups is 1. The maximum absolute atomic E-state index is 6.12. The van der Waals surface area contributed by atoms with Gasteiger partial charge in [-0.25, -0.2) is 9.97 Å². The quantitative estimate of drug-likeness (QED) is 0.613. The fraction of sp³-hybridized carbons (Fsp3) is 0.636. The maximum atomic E-state index is 6.12. The van der Waals surface area contributed by atoms with Crippen LogP contribution >= 0.6 is 11.8 Å². The van der Waals surface area contributed by atoms with Gasteiger partial charge in [0.2, 0.25) is 0 Å². The van der Waals surface area contributed by atoms with E-state index < -0.39 is 0 Å². The van der Waals surface area contributed by atoms with Crippen LogP contribution in [-0.4, -0.2) is 16.2 Å². The summed E-state index contributed by atoms with van der Waals surface area (Å²) in [4.78, 5) is 9.21. The largest absolute Gasteiger partial charge is 0.324 e. The number of nitrogens with zero attached hydrogens (tertiary/aromatic N) is 2. The van der Waals surface area contributed by atoms with E-state index in [1.165, 1.54) is 29.8 Å². The maximum Gasteiger partial charge on any atom is 0.187 e. The molecular formula is C11H15N3S. The molecule has 3 rings (SSSR count). The topological polar surface area (TPSA) is 51.8 Å². The van der Waals surface area contributed by atoms with Gasteiger partial charge < -0.3 is 5.73 Å². The molecule has 2 aliphatic carbocycles. The Kier molecular flexibility index (Phi) is 2.21. The van der Waals surface area contributed by atoms with Crippen LogP contribution in [0.15, 0.2) is 5.16 Å². The molecule has 1 unspecified atom stereocenters. The molecule has 0 aliphatic heterocycles. The summed E-state index contributed by atoms with van der Waals surface area (Å²) in [7, 11) is 0. The predicted molar refractivity (Wildman–Crippen MR) is 61.0 cm³/mol. The van der Waals surface area contributed by atoms with Crippen LogP contribution < -0.4 is 5.73 Å². The first-order valence-electron chi connectivity index (χ1n) is 5.50. The smallest absolute Gasteiger partial charge is 0.187 e. The summed E-state index contributed by atoms with van der Waals surface area (Å²) in [5, 5.41) is 0.921. The second-order valence-corrected chi connectivity index (χ2v) is 5.15. The molecule has 0 amide bonds. The fourth-order valence-electron chi connectivity index (χ4n) is 2.30. The molecule has 3 nitrogen and oxygen atoms in total. The Balaban J connectivity index is 2.13. The lowest BCUT2D eigenvalue weighted by molar-refractivity contribution is 0.701. The summed E-state index contributed by atoms with van der Waals surface area (Å²) < 4.78 is 0. The average Bonchev–Trinajstić information content (AvgIpc) is 3.03. The minimum atomic E-state index is 0.187. The molecule has 1 saturated carbocycles. The summed E-state index contributed by atoms with van der Waals surface area (Å²) in [5.74, 6) is 0.678. The number of fused-ring (bicyclic) bond motifs is 1. The van der Waals surface area contributed by atoms with Gasteiger partial charge >= 0.3 is 0 Å². The molecule has 1 heterocycles. The number of aromatic nitrogens is 2. The first-order valence-corrected chi connectivity index (χ1v) is 6.72. The van der Waals surface area contributed by atoms with Crippen LogP contribution in [0.25, 0.3) is 0 Å². The summed E-state index contributed by atoms with van der Waals surface area (Å²) in [6.45, 7) is 0. The highest BCUT2D eigenvalue weighted by Crippen LogP contribution is 2.45. The molecule has 1 aromatic heterocycles. The van der Waals surface area contributed by atoms with E-state index >= 15 is 0 Å². The standard InChI is InChI=1S/C11H15N3S/c1-15-11-13-8-5-4-7(12)9(8)10(14-11)6-2-3-6/h6-7H,2-5,12H2,1H3. The molecule has 0 bridgehead atoms. The van der Waals surface area contributed by atoms with E-state index in [4.69, 9.17) is 5.73 Å². The number of rotatable bonds is 2. The first-order chi connectivity index (χ1) is 7.29. The summed E-state index contributed by atoms with van der Waals surface area (Å²) >= 11 is 1.63. The molecule has 0 aromatic carbocycles. The minimum absolute atomic E-state index is 0.187. The van der Waals surface area contributed by atoms with Crippen LogP contribution in [0.2, 0.25) is 0 Å². The normalized spacial score (nSPS) is 24.3. The van der Waals surface area contributed by atoms with Crippen molar-refractivity contribution in [3.8, 4) is 0 Å². The number of hydrogen-bond acceptors (Lipinski definition) is 4. The number of nitrogens with two attached hydrogens (primary N) is 1. The van der Waals surface area contributed by atoms with Crippen LogP contribution in [0.4, 0.5) is 0 Å². The Morgan fingerprint density at radius 3 is 2.73 bits per heavy atom. The third-order valence-corrected chi connectivity index (χ3v) is 3.79. The van der Waals surface area contributed by atoms with Crippen molar-refractivity contribution in [3.05, 3.63) is 17.0 Å². The SMILES string of the molecule is CSc1nc2c(c(C3CC3)n1)C(N)CC2. The highest BCUT2D eigenvalue weighted by Gasteiger charge is 2.34. The third kappa shape index (κ3) is 1.56. The van der Waals surface area contributed by atoms with E-state index in [2.05, 4.69) is 9.97 Å². The van der Waals surface area contributed by atoms with Crippen molar-refractivity contribution in [2.45, 2.75) is 42.8 Å². The summed E-state index contributed by atoms with van der Waals surface area (Å²) in [6, 6.07) is 0.187. The molecule has 1 aromatic rings. The Morgan fingerprint density at radius 1 is 1.27 bits per heavy atom. The second-order valence-electron chi connectivity index (χ2n) is 4.38. The zero-order valence-electron chi connectivity index (χ0n) is 8.86. The lowest BCUT2D eigenvalue weighted by Gasteiger charge is -2.11. The van der Waals surface area contributed by atoms with E-state index in [0.717, 1.165) is 18.0 Å². The van der Waals surface area contributed by atoms with Gasteiger partial charge in [-0.05, 0) is 31.9 Å². The molecule has 0 saturated heterocycles. The highest BCUT2D eigenvalue weighted by atomic mass is 32.2. The van der Waals surface area contributed by atoms with E-state index in [0.29, 0.717) is 5.92 Å². The van der Waals surface area contributed by atoms with E-state index in [1.807, 2.05) is 6.26 Å². The molecule has 2 aliphatic rings. The molecule has 2 N–H and O–H groups in total. The van der Waals surface area contributed by atoms with Crippen molar-refractivity contribution in [2.75, 3.05) is 6.26 Å². The van der Waals surface area contributed by atoms with Gasteiger partial charge in [-0.15, -0.1) is 0 Å². The molecule has 1 fully saturated rings. The van der Waals surface area contributed by atoms with Crippen molar-refractivity contribution in [2.24, 2.45) is 5.73 Å². The second kappa shape index (κ2) is 3.46. The Bertz CT molecular complexity index is 401. The number of aryl methyl sites for hydroxylation is 1. The van der Waals surface area contributed by atoms with Crippen LogP contribution in [0.3, 0.4) is 0 Å². The molecule has 1 atom stereocenters. The van der Waals surface area contributed by atoms with Gasteiger partial charge in [-0.1, -0.05) is 11.8 Å². The van der Waals surface area contributed by atoms with E-state index in [9.17, 15) is 0 Å². The number of hydrogen-bond donors (Lipinski definition) is 1. The lowest BCUT2D eigenvalue weighted by atomic mass is 10.1. The lowest BCUT2D eigenvalue weighted by Crippen LogP contribution is -2.10. The van der Waals surface area contributed by atoms with Crippen molar-refractivity contribution in [1.29, 1.82) is 0 Å². The fourth-order valence-corrected chi connectivity index (χ4v) is 2.69. The van der Waals surface area contributed by atoms with Crippen LogP contribution in [-0.2, 0) is 6.42 Å². The van der Waals surface area contributed by atoms with Gasteiger partial charge in [0, 0.05) is 17.5 Å². The van der Waals surface area contributed by atoms with Gasteiger partial charge in [-0.3, -0.25) is 0 Å². The summed E-state index contributed by atoms with van der Waals surface area (Å²) in [6.07, 6.45) is 6.68. The van der Waals surface area contributed by atoms with E-state index in [1.54, 1.807) is 11.8 Å². The van der Waals surface area contributed by atoms with Crippen molar-refractivity contribution in [1.82, 2.24) is 9.97 Å². The van der Waals surface area contributed by atoms with Gasteiger partial charge in [0.1, 0.15) is 0 Å². The molecule has 4 heteroatoms. The average molecular weight is 221 g/mol. The Morgan fingerprint density at radius 2 is 2.07 bits per heavy atom. The van der Waals surface area contributed by atoms with Crippen molar-refractivity contribution in [3.63, 3.8) is 0 Å². The molecule has 15 heavy (non-hydrogen) atoms. The minimum Gasteiger partial charge on any atom is -0.324 e. The third-order valence-electron chi connectivity index (χ3n) is 3.24.